The number of ether oxygens (including phenoxy) is 1. The molecule has 0 bridgehead atoms. The van der Waals surface area contributed by atoms with Gasteiger partial charge in [0.15, 0.2) is 6.10 Å². The fraction of sp³-hybridized carbons (Fsp3) is 0.350. The third-order valence-corrected chi connectivity index (χ3v) is 5.08. The fourth-order valence-corrected chi connectivity index (χ4v) is 3.28. The molecule has 2 heterocycles. The second-order valence-corrected chi connectivity index (χ2v) is 7.14. The van der Waals surface area contributed by atoms with Gasteiger partial charge in [-0.15, -0.1) is 11.3 Å². The third-order valence-electron chi connectivity index (χ3n) is 4.21. The van der Waals surface area contributed by atoms with Gasteiger partial charge in [0.25, 0.3) is 5.91 Å². The molecule has 0 spiro atoms. The molecule has 1 atom stereocenters. The van der Waals surface area contributed by atoms with Gasteiger partial charge < -0.3 is 14.2 Å². The number of aryl methyl sites for hydroxylation is 1. The van der Waals surface area contributed by atoms with Gasteiger partial charge in [0.05, 0.1) is 11.4 Å². The Labute approximate surface area is 162 Å². The average molecular weight is 385 g/mol. The van der Waals surface area contributed by atoms with Gasteiger partial charge in [-0.25, -0.2) is 0 Å². The lowest BCUT2D eigenvalue weighted by Gasteiger charge is -2.22. The Morgan fingerprint density at radius 1 is 1.26 bits per heavy atom. The van der Waals surface area contributed by atoms with Crippen molar-refractivity contribution in [3.63, 3.8) is 0 Å². The number of aromatic nitrogens is 2. The molecule has 2 aromatic heterocycles. The number of thiophene rings is 1. The molecule has 1 aromatic carbocycles. The minimum atomic E-state index is -0.554. The Morgan fingerprint density at radius 3 is 2.67 bits per heavy atom. The van der Waals surface area contributed by atoms with Crippen LogP contribution in [0.25, 0.3) is 10.7 Å². The number of hydrogen-bond donors (Lipinski definition) is 0. The number of rotatable bonds is 8. The summed E-state index contributed by atoms with van der Waals surface area (Å²) in [6, 6.07) is 11.7. The summed E-state index contributed by atoms with van der Waals surface area (Å²) in [5.74, 6) is 1.52. The summed E-state index contributed by atoms with van der Waals surface area (Å²) in [7, 11) is 1.71. The Hall–Kier alpha value is -2.67. The summed E-state index contributed by atoms with van der Waals surface area (Å²) in [6.07, 6.45) is 0.988. The van der Waals surface area contributed by atoms with Crippen molar-refractivity contribution in [2.75, 3.05) is 7.05 Å². The van der Waals surface area contributed by atoms with E-state index >= 15 is 0 Å². The van der Waals surface area contributed by atoms with Crippen LogP contribution in [0.15, 0.2) is 46.3 Å². The SMILES string of the molecule is CCc1ccc(O[C@@H](CC)C(=O)N(C)Cc2nc(-c3cccs3)no2)cc1. The average Bonchev–Trinajstić information content (AvgIpc) is 3.37. The smallest absolute Gasteiger partial charge is 0.263 e. The van der Waals surface area contributed by atoms with E-state index in [2.05, 4.69) is 17.1 Å². The maximum Gasteiger partial charge on any atom is 0.263 e. The Morgan fingerprint density at radius 2 is 2.04 bits per heavy atom. The molecule has 3 aromatic rings. The van der Waals surface area contributed by atoms with Gasteiger partial charge in [-0.05, 0) is 42.0 Å². The van der Waals surface area contributed by atoms with Gasteiger partial charge in [-0.2, -0.15) is 4.98 Å². The van der Waals surface area contributed by atoms with Crippen LogP contribution in [0.1, 0.15) is 31.7 Å². The first-order valence-corrected chi connectivity index (χ1v) is 9.85. The molecule has 7 heteroatoms. The summed E-state index contributed by atoms with van der Waals surface area (Å²) in [6.45, 7) is 4.27. The van der Waals surface area contributed by atoms with Crippen LogP contribution in [0.4, 0.5) is 0 Å². The quantitative estimate of drug-likeness (QED) is 0.582. The lowest BCUT2D eigenvalue weighted by atomic mass is 10.1. The van der Waals surface area contributed by atoms with Crippen LogP contribution in [0.2, 0.25) is 0 Å². The predicted octanol–water partition coefficient (Wildman–Crippen LogP) is 4.18. The predicted molar refractivity (Wildman–Crippen MR) is 105 cm³/mol. The zero-order chi connectivity index (χ0) is 19.2. The van der Waals surface area contributed by atoms with Crippen LogP contribution in [0, 0.1) is 0 Å². The number of carbonyl (C=O) groups is 1. The number of amides is 1. The van der Waals surface area contributed by atoms with Crippen molar-refractivity contribution in [2.24, 2.45) is 0 Å². The maximum absolute atomic E-state index is 12.8. The van der Waals surface area contributed by atoms with E-state index in [9.17, 15) is 4.79 Å². The summed E-state index contributed by atoms with van der Waals surface area (Å²) >= 11 is 1.54. The summed E-state index contributed by atoms with van der Waals surface area (Å²) in [5.41, 5.74) is 1.23. The molecular formula is C20H23N3O3S. The number of likely N-dealkylation sites (N-methyl/N-ethyl adjacent to an activating group) is 1. The van der Waals surface area contributed by atoms with Crippen molar-refractivity contribution in [1.29, 1.82) is 0 Å². The minimum absolute atomic E-state index is 0.118. The lowest BCUT2D eigenvalue weighted by Crippen LogP contribution is -2.39. The van der Waals surface area contributed by atoms with E-state index in [0.29, 0.717) is 23.9 Å². The van der Waals surface area contributed by atoms with Gasteiger partial charge in [0.2, 0.25) is 11.7 Å². The Kier molecular flexibility index (Phi) is 6.24. The van der Waals surface area contributed by atoms with E-state index in [-0.39, 0.29) is 12.5 Å². The lowest BCUT2D eigenvalue weighted by molar-refractivity contribution is -0.138. The monoisotopic (exact) mass is 385 g/mol. The summed E-state index contributed by atoms with van der Waals surface area (Å²) in [4.78, 5) is 19.6. The van der Waals surface area contributed by atoms with Crippen molar-refractivity contribution in [3.8, 4) is 16.5 Å². The molecule has 0 fully saturated rings. The highest BCUT2D eigenvalue weighted by atomic mass is 32.1. The van der Waals surface area contributed by atoms with Crippen LogP contribution in [-0.4, -0.2) is 34.1 Å². The first-order valence-electron chi connectivity index (χ1n) is 8.97. The molecule has 0 aliphatic heterocycles. The molecule has 0 saturated carbocycles. The Bertz CT molecular complexity index is 859. The summed E-state index contributed by atoms with van der Waals surface area (Å²) in [5, 5.41) is 5.93. The first-order chi connectivity index (χ1) is 13.1. The molecule has 6 nitrogen and oxygen atoms in total. The largest absolute Gasteiger partial charge is 0.481 e. The van der Waals surface area contributed by atoms with Crippen LogP contribution >= 0.6 is 11.3 Å². The molecule has 27 heavy (non-hydrogen) atoms. The van der Waals surface area contributed by atoms with Crippen molar-refractivity contribution < 1.29 is 14.1 Å². The van der Waals surface area contributed by atoms with E-state index in [4.69, 9.17) is 9.26 Å². The van der Waals surface area contributed by atoms with Crippen LogP contribution < -0.4 is 4.74 Å². The number of hydrogen-bond acceptors (Lipinski definition) is 6. The van der Waals surface area contributed by atoms with Gasteiger partial charge >= 0.3 is 0 Å². The van der Waals surface area contributed by atoms with Crippen LogP contribution in [-0.2, 0) is 17.8 Å². The van der Waals surface area contributed by atoms with Gasteiger partial charge in [0, 0.05) is 7.05 Å². The molecule has 0 unspecified atom stereocenters. The minimum Gasteiger partial charge on any atom is -0.481 e. The molecular weight excluding hydrogens is 362 g/mol. The molecule has 3 rings (SSSR count). The standard InChI is InChI=1S/C20H23N3O3S/c1-4-14-8-10-15(11-9-14)25-16(5-2)20(24)23(3)13-18-21-19(22-26-18)17-7-6-12-27-17/h6-12,16H,4-5,13H2,1-3H3/t16-/m0/s1. The number of nitrogens with zero attached hydrogens (tertiary/aromatic N) is 3. The van der Waals surface area contributed by atoms with Crippen molar-refractivity contribution in [3.05, 3.63) is 53.2 Å². The number of carbonyl (C=O) groups excluding carboxylic acids is 1. The topological polar surface area (TPSA) is 68.5 Å². The van der Waals surface area contributed by atoms with Crippen molar-refractivity contribution in [2.45, 2.75) is 39.3 Å². The van der Waals surface area contributed by atoms with E-state index in [0.717, 1.165) is 11.3 Å². The molecule has 0 aliphatic carbocycles. The zero-order valence-corrected chi connectivity index (χ0v) is 16.5. The number of benzene rings is 1. The fourth-order valence-electron chi connectivity index (χ4n) is 2.63. The normalized spacial score (nSPS) is 12.0. The third kappa shape index (κ3) is 4.74. The Balaban J connectivity index is 1.62. The zero-order valence-electron chi connectivity index (χ0n) is 15.7. The van der Waals surface area contributed by atoms with E-state index in [1.165, 1.54) is 5.56 Å². The first kappa shape index (κ1) is 19.1. The molecule has 0 radical (unpaired) electrons. The maximum atomic E-state index is 12.8. The van der Waals surface area contributed by atoms with Crippen LogP contribution in [0.3, 0.4) is 0 Å². The second-order valence-electron chi connectivity index (χ2n) is 6.20. The van der Waals surface area contributed by atoms with Crippen LogP contribution in [0.5, 0.6) is 5.75 Å². The van der Waals surface area contributed by atoms with Gasteiger partial charge in [-0.3, -0.25) is 4.79 Å². The summed E-state index contributed by atoms with van der Waals surface area (Å²) < 4.78 is 11.2. The molecule has 0 aliphatic rings. The van der Waals surface area contributed by atoms with Crippen molar-refractivity contribution >= 4 is 17.2 Å². The molecule has 0 saturated heterocycles. The highest BCUT2D eigenvalue weighted by Crippen LogP contribution is 2.22. The molecule has 142 valence electrons. The molecule has 0 N–H and O–H groups in total. The van der Waals surface area contributed by atoms with Gasteiger partial charge in [0.1, 0.15) is 5.75 Å². The van der Waals surface area contributed by atoms with Crippen molar-refractivity contribution in [1.82, 2.24) is 15.0 Å². The van der Waals surface area contributed by atoms with E-state index in [1.54, 1.807) is 23.3 Å². The van der Waals surface area contributed by atoms with Gasteiger partial charge in [-0.1, -0.05) is 37.2 Å². The second kappa shape index (κ2) is 8.81. The highest BCUT2D eigenvalue weighted by molar-refractivity contribution is 7.13. The van der Waals surface area contributed by atoms with E-state index in [1.807, 2.05) is 48.7 Å². The molecule has 1 amide bonds. The highest BCUT2D eigenvalue weighted by Gasteiger charge is 2.24. The van der Waals surface area contributed by atoms with E-state index < -0.39 is 6.10 Å².